The number of ether oxygens (including phenoxy) is 1. The molecular formula is C10H23ClN2O4. The first kappa shape index (κ1) is 21.4. The molecule has 0 aliphatic heterocycles. The largest absolute Gasteiger partial charge is 0.480 e. The Bertz CT molecular complexity index is 203. The molecule has 0 radical (unpaired) electrons. The Balaban J connectivity index is -0.000000218. The van der Waals surface area contributed by atoms with Crippen LogP contribution in [0.3, 0.4) is 0 Å². The first-order valence-electron chi connectivity index (χ1n) is 5.15. The average molecular weight is 271 g/mol. The van der Waals surface area contributed by atoms with Crippen LogP contribution >= 0.6 is 12.4 Å². The molecule has 104 valence electrons. The van der Waals surface area contributed by atoms with Crippen molar-refractivity contribution >= 4 is 24.3 Å². The van der Waals surface area contributed by atoms with Crippen molar-refractivity contribution < 1.29 is 19.4 Å². The number of carboxylic acids is 1. The molecule has 2 N–H and O–H groups in total. The van der Waals surface area contributed by atoms with Crippen molar-refractivity contribution in [3.63, 3.8) is 0 Å². The van der Waals surface area contributed by atoms with Gasteiger partial charge in [-0.15, -0.1) is 12.4 Å². The fourth-order valence-electron chi connectivity index (χ4n) is 0.642. The SMILES string of the molecule is CCN(C)CC(=O)O.CCNCC(=O)OC.Cl. The number of carboxylic acid groups (broad SMARTS) is 1. The number of likely N-dealkylation sites (N-methyl/N-ethyl adjacent to an activating group) is 2. The molecule has 17 heavy (non-hydrogen) atoms. The number of hydrogen-bond donors (Lipinski definition) is 2. The second kappa shape index (κ2) is 15.1. The normalized spacial score (nSPS) is 8.76. The van der Waals surface area contributed by atoms with Crippen molar-refractivity contribution in [2.24, 2.45) is 0 Å². The summed E-state index contributed by atoms with van der Waals surface area (Å²) >= 11 is 0. The van der Waals surface area contributed by atoms with Gasteiger partial charge in [0.1, 0.15) is 0 Å². The molecule has 0 saturated carbocycles. The predicted octanol–water partition coefficient (Wildman–Crippen LogP) is 0.213. The predicted molar refractivity (Wildman–Crippen MR) is 68.6 cm³/mol. The van der Waals surface area contributed by atoms with E-state index in [0.717, 1.165) is 13.1 Å². The van der Waals surface area contributed by atoms with Crippen molar-refractivity contribution in [2.45, 2.75) is 13.8 Å². The summed E-state index contributed by atoms with van der Waals surface area (Å²) in [7, 11) is 3.15. The van der Waals surface area contributed by atoms with E-state index in [1.165, 1.54) is 7.11 Å². The number of nitrogens with one attached hydrogen (secondary N) is 1. The van der Waals surface area contributed by atoms with E-state index in [0.29, 0.717) is 6.54 Å². The van der Waals surface area contributed by atoms with Gasteiger partial charge < -0.3 is 15.2 Å². The van der Waals surface area contributed by atoms with Crippen LogP contribution in [0, 0.1) is 0 Å². The van der Waals surface area contributed by atoms with Crippen molar-refractivity contribution in [2.75, 3.05) is 40.3 Å². The third kappa shape index (κ3) is 21.1. The standard InChI is InChI=1S/2C5H11NO2.ClH/c1-3-6-4-5(7)8-2;1-3-6(2)4-5(7)8;/h6H,3-4H2,1-2H3;3-4H2,1-2H3,(H,7,8);1H. The lowest BCUT2D eigenvalue weighted by Gasteiger charge is -2.08. The van der Waals surface area contributed by atoms with E-state index in [-0.39, 0.29) is 24.9 Å². The van der Waals surface area contributed by atoms with Crippen molar-refractivity contribution in [3.05, 3.63) is 0 Å². The molecule has 0 aromatic carbocycles. The van der Waals surface area contributed by atoms with Crippen LogP contribution in [-0.2, 0) is 14.3 Å². The van der Waals surface area contributed by atoms with Crippen LogP contribution < -0.4 is 5.32 Å². The van der Waals surface area contributed by atoms with Crippen LogP contribution in [0.25, 0.3) is 0 Å². The number of aliphatic carboxylic acids is 1. The lowest BCUT2D eigenvalue weighted by atomic mass is 10.5. The van der Waals surface area contributed by atoms with Gasteiger partial charge in [0.25, 0.3) is 0 Å². The van der Waals surface area contributed by atoms with Gasteiger partial charge >= 0.3 is 11.9 Å². The van der Waals surface area contributed by atoms with Gasteiger partial charge in [0.2, 0.25) is 0 Å². The summed E-state index contributed by atoms with van der Waals surface area (Å²) in [5.41, 5.74) is 0. The molecule has 0 bridgehead atoms. The van der Waals surface area contributed by atoms with Gasteiger partial charge in [-0.25, -0.2) is 0 Å². The van der Waals surface area contributed by atoms with Crippen LogP contribution in [0.2, 0.25) is 0 Å². The minimum Gasteiger partial charge on any atom is -0.480 e. The second-order valence-corrected chi connectivity index (χ2v) is 3.08. The summed E-state index contributed by atoms with van der Waals surface area (Å²) in [6.45, 7) is 5.89. The van der Waals surface area contributed by atoms with E-state index < -0.39 is 5.97 Å². The average Bonchev–Trinajstić information content (AvgIpc) is 2.25. The monoisotopic (exact) mass is 270 g/mol. The van der Waals surface area contributed by atoms with E-state index in [1.807, 2.05) is 13.8 Å². The smallest absolute Gasteiger partial charge is 0.319 e. The Morgan fingerprint density at radius 3 is 2.12 bits per heavy atom. The van der Waals surface area contributed by atoms with E-state index in [2.05, 4.69) is 10.1 Å². The van der Waals surface area contributed by atoms with Crippen LogP contribution in [0.1, 0.15) is 13.8 Å². The zero-order valence-electron chi connectivity index (χ0n) is 10.9. The summed E-state index contributed by atoms with van der Waals surface area (Å²) in [5.74, 6) is -0.985. The molecule has 0 unspecified atom stereocenters. The lowest BCUT2D eigenvalue weighted by molar-refractivity contribution is -0.139. The maximum absolute atomic E-state index is 10.3. The quantitative estimate of drug-likeness (QED) is 0.672. The van der Waals surface area contributed by atoms with Gasteiger partial charge in [0.15, 0.2) is 0 Å². The van der Waals surface area contributed by atoms with Crippen molar-refractivity contribution in [1.29, 1.82) is 0 Å². The van der Waals surface area contributed by atoms with E-state index in [9.17, 15) is 9.59 Å². The molecule has 6 nitrogen and oxygen atoms in total. The van der Waals surface area contributed by atoms with E-state index in [1.54, 1.807) is 11.9 Å². The summed E-state index contributed by atoms with van der Waals surface area (Å²) in [6.07, 6.45) is 0. The van der Waals surface area contributed by atoms with Gasteiger partial charge in [-0.2, -0.15) is 0 Å². The lowest BCUT2D eigenvalue weighted by Crippen LogP contribution is -2.24. The number of esters is 1. The third-order valence-corrected chi connectivity index (χ3v) is 1.69. The molecule has 0 aromatic rings. The zero-order chi connectivity index (χ0) is 13.0. The maximum atomic E-state index is 10.3. The first-order valence-corrected chi connectivity index (χ1v) is 5.15. The summed E-state index contributed by atoms with van der Waals surface area (Å²) < 4.78 is 4.35. The van der Waals surface area contributed by atoms with Crippen LogP contribution in [-0.4, -0.2) is 62.3 Å². The van der Waals surface area contributed by atoms with E-state index in [4.69, 9.17) is 5.11 Å². The highest BCUT2D eigenvalue weighted by molar-refractivity contribution is 5.85. The van der Waals surface area contributed by atoms with Crippen LogP contribution in [0.5, 0.6) is 0 Å². The highest BCUT2D eigenvalue weighted by Gasteiger charge is 1.98. The number of carbonyl (C=O) groups is 2. The third-order valence-electron chi connectivity index (χ3n) is 1.69. The first-order chi connectivity index (χ1) is 7.47. The fourth-order valence-corrected chi connectivity index (χ4v) is 0.642. The number of rotatable bonds is 6. The molecular weight excluding hydrogens is 248 g/mol. The van der Waals surface area contributed by atoms with Gasteiger partial charge in [0.05, 0.1) is 20.2 Å². The number of halogens is 1. The summed E-state index contributed by atoms with van der Waals surface area (Å²) in [4.78, 5) is 21.9. The summed E-state index contributed by atoms with van der Waals surface area (Å²) in [5, 5.41) is 11.0. The maximum Gasteiger partial charge on any atom is 0.319 e. The van der Waals surface area contributed by atoms with Crippen LogP contribution in [0.15, 0.2) is 0 Å². The van der Waals surface area contributed by atoms with Crippen molar-refractivity contribution in [3.8, 4) is 0 Å². The Labute approximate surface area is 109 Å². The van der Waals surface area contributed by atoms with E-state index >= 15 is 0 Å². The molecule has 0 aromatic heterocycles. The van der Waals surface area contributed by atoms with Gasteiger partial charge in [-0.3, -0.25) is 14.5 Å². The fraction of sp³-hybridized carbons (Fsp3) is 0.800. The molecule has 0 amide bonds. The molecule has 7 heteroatoms. The van der Waals surface area contributed by atoms with Crippen LogP contribution in [0.4, 0.5) is 0 Å². The van der Waals surface area contributed by atoms with Gasteiger partial charge in [-0.05, 0) is 20.1 Å². The molecule has 0 heterocycles. The van der Waals surface area contributed by atoms with Crippen molar-refractivity contribution in [1.82, 2.24) is 10.2 Å². The zero-order valence-corrected chi connectivity index (χ0v) is 11.7. The molecule has 0 atom stereocenters. The molecule has 0 rings (SSSR count). The number of methoxy groups -OCH3 is 1. The highest BCUT2D eigenvalue weighted by Crippen LogP contribution is 1.77. The Kier molecular flexibility index (Phi) is 19.1. The number of nitrogens with zero attached hydrogens (tertiary/aromatic N) is 1. The molecule has 0 spiro atoms. The number of carbonyl (C=O) groups excluding carboxylic acids is 1. The topological polar surface area (TPSA) is 78.9 Å². The highest BCUT2D eigenvalue weighted by atomic mass is 35.5. The minimum atomic E-state index is -0.769. The second-order valence-electron chi connectivity index (χ2n) is 3.08. The molecule has 0 saturated heterocycles. The summed E-state index contributed by atoms with van der Waals surface area (Å²) in [6, 6.07) is 0. The minimum absolute atomic E-state index is 0. The number of hydrogen-bond acceptors (Lipinski definition) is 5. The Morgan fingerprint density at radius 1 is 1.35 bits per heavy atom. The molecule has 0 aliphatic carbocycles. The van der Waals surface area contributed by atoms with Gasteiger partial charge in [0, 0.05) is 0 Å². The Morgan fingerprint density at radius 2 is 1.88 bits per heavy atom. The molecule has 0 fully saturated rings. The Hall–Kier alpha value is -0.850. The molecule has 0 aliphatic rings. The van der Waals surface area contributed by atoms with Gasteiger partial charge in [-0.1, -0.05) is 13.8 Å².